The first-order chi connectivity index (χ1) is 12.6. The summed E-state index contributed by atoms with van der Waals surface area (Å²) in [5.41, 5.74) is 3.41. The molecule has 0 aliphatic carbocycles. The van der Waals surface area contributed by atoms with Crippen LogP contribution >= 0.6 is 11.6 Å². The first-order valence-electron chi connectivity index (χ1n) is 7.84. The molecule has 2 heterocycles. The van der Waals surface area contributed by atoms with Crippen molar-refractivity contribution < 1.29 is 14.3 Å². The Hall–Kier alpha value is -2.77. The summed E-state index contributed by atoms with van der Waals surface area (Å²) in [6.45, 7) is 5.63. The lowest BCUT2D eigenvalue weighted by Gasteiger charge is -2.06. The lowest BCUT2D eigenvalue weighted by Crippen LogP contribution is -2.14. The number of methoxy groups -OCH3 is 1. The fourth-order valence-corrected chi connectivity index (χ4v) is 2.81. The Balaban J connectivity index is 2.19. The van der Waals surface area contributed by atoms with Crippen molar-refractivity contribution >= 4 is 23.2 Å². The number of halogens is 1. The van der Waals surface area contributed by atoms with Crippen LogP contribution in [0.4, 0.5) is 0 Å². The summed E-state index contributed by atoms with van der Waals surface area (Å²) < 4.78 is 11.9. The van der Waals surface area contributed by atoms with Crippen LogP contribution in [0.5, 0.6) is 0 Å². The van der Waals surface area contributed by atoms with E-state index in [1.807, 2.05) is 18.2 Å². The minimum atomic E-state index is -0.579. The fourth-order valence-electron chi connectivity index (χ4n) is 2.62. The molecule has 0 aliphatic heterocycles. The Morgan fingerprint density at radius 3 is 2.88 bits per heavy atom. The lowest BCUT2D eigenvalue weighted by atomic mass is 10.1. The average Bonchev–Trinajstić information content (AvgIpc) is 2.99. The summed E-state index contributed by atoms with van der Waals surface area (Å²) in [5.74, 6) is -0.579. The molecule has 0 radical (unpaired) electrons. The molecule has 0 spiro atoms. The van der Waals surface area contributed by atoms with Crippen LogP contribution in [0, 0.1) is 6.92 Å². The molecule has 0 aliphatic rings. The van der Waals surface area contributed by atoms with E-state index in [2.05, 4.69) is 21.9 Å². The van der Waals surface area contributed by atoms with Crippen LogP contribution in [0.2, 0.25) is 5.02 Å². The molecule has 0 amide bonds. The summed E-state index contributed by atoms with van der Waals surface area (Å²) in [6.07, 6.45) is 1.49. The highest BCUT2D eigenvalue weighted by molar-refractivity contribution is 6.30. The second-order valence-electron chi connectivity index (χ2n) is 5.52. The summed E-state index contributed by atoms with van der Waals surface area (Å²) in [5, 5.41) is 13.4. The number of aromatic nitrogens is 4. The van der Waals surface area contributed by atoms with E-state index in [4.69, 9.17) is 21.1 Å². The average molecular weight is 373 g/mol. The molecule has 3 rings (SSSR count). The number of carbonyl (C=O) groups is 1. The summed E-state index contributed by atoms with van der Waals surface area (Å²) in [4.78, 5) is 12.1. The molecule has 0 fully saturated rings. The maximum Gasteiger partial charge on any atom is 0.361 e. The third-order valence-corrected chi connectivity index (χ3v) is 3.99. The minimum Gasteiger partial charge on any atom is -0.457 e. The Labute approximate surface area is 155 Å². The maximum atomic E-state index is 12.1. The van der Waals surface area contributed by atoms with Crippen molar-refractivity contribution in [1.29, 1.82) is 0 Å². The van der Waals surface area contributed by atoms with E-state index in [-0.39, 0.29) is 18.9 Å². The quantitative estimate of drug-likeness (QED) is 0.488. The van der Waals surface area contributed by atoms with E-state index >= 15 is 0 Å². The lowest BCUT2D eigenvalue weighted by molar-refractivity contribution is 0.0539. The first-order valence-corrected chi connectivity index (χ1v) is 8.22. The van der Waals surface area contributed by atoms with Gasteiger partial charge in [0.15, 0.2) is 11.3 Å². The molecule has 0 N–H and O–H groups in total. The number of fused-ring (bicyclic) bond motifs is 1. The molecule has 1 aromatic carbocycles. The molecule has 0 unspecified atom stereocenters. The van der Waals surface area contributed by atoms with Crippen molar-refractivity contribution in [3.05, 3.63) is 59.0 Å². The molecule has 3 aromatic rings. The first kappa shape index (κ1) is 18.0. The van der Waals surface area contributed by atoms with Crippen molar-refractivity contribution in [1.82, 2.24) is 19.8 Å². The number of carbonyl (C=O) groups excluding carboxylic acids is 1. The van der Waals surface area contributed by atoms with Gasteiger partial charge in [0.25, 0.3) is 0 Å². The normalized spacial score (nSPS) is 10.9. The van der Waals surface area contributed by atoms with Gasteiger partial charge in [-0.25, -0.2) is 9.31 Å². The number of hydrogen-bond acceptors (Lipinski definition) is 6. The number of esters is 1. The Kier molecular flexibility index (Phi) is 5.29. The highest BCUT2D eigenvalue weighted by Crippen LogP contribution is 2.30. The van der Waals surface area contributed by atoms with Crippen LogP contribution in [0.25, 0.3) is 16.8 Å². The zero-order valence-electron chi connectivity index (χ0n) is 14.4. The smallest absolute Gasteiger partial charge is 0.361 e. The standard InChI is InChI=1S/C18H17ClN4O3/c1-4-8-26-18(24)16-11(2)23-17(21-20-16)15(14(22-23)10-25-3)12-6-5-7-13(19)9-12/h4-7,9H,1,8,10H2,2-3H3. The minimum absolute atomic E-state index is 0.0970. The molecule has 26 heavy (non-hydrogen) atoms. The van der Waals surface area contributed by atoms with Crippen LogP contribution in [0.3, 0.4) is 0 Å². The van der Waals surface area contributed by atoms with E-state index in [0.29, 0.717) is 22.1 Å². The molecule has 0 atom stereocenters. The van der Waals surface area contributed by atoms with Crippen LogP contribution in [0.1, 0.15) is 21.9 Å². The molecular weight excluding hydrogens is 356 g/mol. The van der Waals surface area contributed by atoms with Gasteiger partial charge in [-0.3, -0.25) is 0 Å². The van der Waals surface area contributed by atoms with Crippen molar-refractivity contribution in [2.24, 2.45) is 0 Å². The highest BCUT2D eigenvalue weighted by Gasteiger charge is 2.22. The van der Waals surface area contributed by atoms with Crippen molar-refractivity contribution in [3.63, 3.8) is 0 Å². The van der Waals surface area contributed by atoms with E-state index in [0.717, 1.165) is 11.1 Å². The molecule has 8 heteroatoms. The van der Waals surface area contributed by atoms with Gasteiger partial charge in [0.2, 0.25) is 0 Å². The summed E-state index contributed by atoms with van der Waals surface area (Å²) in [6, 6.07) is 7.36. The number of benzene rings is 1. The molecule has 134 valence electrons. The van der Waals surface area contributed by atoms with Crippen LogP contribution in [-0.2, 0) is 16.1 Å². The van der Waals surface area contributed by atoms with Crippen LogP contribution in [0.15, 0.2) is 36.9 Å². The number of rotatable bonds is 6. The largest absolute Gasteiger partial charge is 0.457 e. The predicted octanol–water partition coefficient (Wildman–Crippen LogP) is 3.24. The Morgan fingerprint density at radius 1 is 1.38 bits per heavy atom. The second-order valence-corrected chi connectivity index (χ2v) is 5.96. The van der Waals surface area contributed by atoms with Gasteiger partial charge in [0.1, 0.15) is 6.61 Å². The van der Waals surface area contributed by atoms with Gasteiger partial charge in [0.05, 0.1) is 23.6 Å². The van der Waals surface area contributed by atoms with Gasteiger partial charge in [-0.2, -0.15) is 5.10 Å². The molecule has 2 aromatic heterocycles. The van der Waals surface area contributed by atoms with E-state index in [1.54, 1.807) is 24.6 Å². The van der Waals surface area contributed by atoms with Gasteiger partial charge >= 0.3 is 5.97 Å². The van der Waals surface area contributed by atoms with Crippen molar-refractivity contribution in [3.8, 4) is 11.1 Å². The fraction of sp³-hybridized carbons (Fsp3) is 0.222. The van der Waals surface area contributed by atoms with Gasteiger partial charge in [-0.05, 0) is 24.6 Å². The van der Waals surface area contributed by atoms with Gasteiger partial charge in [0, 0.05) is 12.1 Å². The monoisotopic (exact) mass is 372 g/mol. The number of hydrogen-bond donors (Lipinski definition) is 0. The van der Waals surface area contributed by atoms with E-state index < -0.39 is 5.97 Å². The third kappa shape index (κ3) is 3.31. The Morgan fingerprint density at radius 2 is 2.19 bits per heavy atom. The molecule has 0 saturated carbocycles. The van der Waals surface area contributed by atoms with Crippen LogP contribution < -0.4 is 0 Å². The number of aryl methyl sites for hydroxylation is 1. The van der Waals surface area contributed by atoms with E-state index in [9.17, 15) is 4.79 Å². The number of ether oxygens (including phenoxy) is 2. The molecule has 7 nitrogen and oxygen atoms in total. The zero-order chi connectivity index (χ0) is 18.7. The van der Waals surface area contributed by atoms with Gasteiger partial charge < -0.3 is 9.47 Å². The predicted molar refractivity (Wildman–Crippen MR) is 97.2 cm³/mol. The maximum absolute atomic E-state index is 12.1. The summed E-state index contributed by atoms with van der Waals surface area (Å²) in [7, 11) is 1.59. The van der Waals surface area contributed by atoms with Crippen molar-refractivity contribution in [2.75, 3.05) is 13.7 Å². The van der Waals surface area contributed by atoms with Gasteiger partial charge in [-0.15, -0.1) is 10.2 Å². The van der Waals surface area contributed by atoms with Gasteiger partial charge in [-0.1, -0.05) is 36.4 Å². The van der Waals surface area contributed by atoms with Crippen LogP contribution in [-0.4, -0.2) is 39.5 Å². The van der Waals surface area contributed by atoms with Crippen molar-refractivity contribution in [2.45, 2.75) is 13.5 Å². The number of nitrogens with zero attached hydrogens (tertiary/aromatic N) is 4. The molecular formula is C18H17ClN4O3. The second kappa shape index (κ2) is 7.63. The van der Waals surface area contributed by atoms with E-state index in [1.165, 1.54) is 6.08 Å². The molecule has 0 saturated heterocycles. The Bertz CT molecular complexity index is 984. The SMILES string of the molecule is C=CCOC(=O)c1nnc2c(-c3cccc(Cl)c3)c(COC)nn2c1C. The summed E-state index contributed by atoms with van der Waals surface area (Å²) >= 11 is 6.13. The third-order valence-electron chi connectivity index (χ3n) is 3.76. The highest BCUT2D eigenvalue weighted by atomic mass is 35.5. The topological polar surface area (TPSA) is 78.6 Å². The molecule has 0 bridgehead atoms. The zero-order valence-corrected chi connectivity index (χ0v) is 15.2.